The molecule has 2 aromatic rings. The van der Waals surface area contributed by atoms with Gasteiger partial charge in [-0.05, 0) is 43.8 Å². The molecule has 1 amide bonds. The van der Waals surface area contributed by atoms with E-state index < -0.39 is 0 Å². The monoisotopic (exact) mass is 370 g/mol. The van der Waals surface area contributed by atoms with Crippen LogP contribution >= 0.6 is 34.5 Å². The molecule has 0 atom stereocenters. The minimum absolute atomic E-state index is 0.124. The number of hydrogen-bond donors (Lipinski definition) is 1. The van der Waals surface area contributed by atoms with Crippen molar-refractivity contribution in [3.63, 3.8) is 0 Å². The summed E-state index contributed by atoms with van der Waals surface area (Å²) in [6.45, 7) is 3.25. The molecule has 1 aliphatic heterocycles. The first-order valence-corrected chi connectivity index (χ1v) is 9.74. The number of likely N-dealkylation sites (tertiary alicyclic amines) is 1. The van der Waals surface area contributed by atoms with Gasteiger partial charge in [0.05, 0.1) is 0 Å². The van der Waals surface area contributed by atoms with Gasteiger partial charge < -0.3 is 5.32 Å². The van der Waals surface area contributed by atoms with Gasteiger partial charge in [0.25, 0.3) is 0 Å². The Labute approximate surface area is 148 Å². The third-order valence-electron chi connectivity index (χ3n) is 4.09. The van der Waals surface area contributed by atoms with Crippen LogP contribution in [0.1, 0.15) is 23.4 Å². The summed E-state index contributed by atoms with van der Waals surface area (Å²) in [4.78, 5) is 15.8. The highest BCUT2D eigenvalue weighted by Gasteiger charge is 2.25. The Morgan fingerprint density at radius 3 is 2.91 bits per heavy atom. The first kappa shape index (κ1) is 16.8. The lowest BCUT2D eigenvalue weighted by Crippen LogP contribution is -2.40. The third kappa shape index (κ3) is 4.73. The van der Waals surface area contributed by atoms with Crippen LogP contribution in [0.3, 0.4) is 0 Å². The fourth-order valence-corrected chi connectivity index (χ4v) is 4.09. The highest BCUT2D eigenvalue weighted by atomic mass is 35.5. The quantitative estimate of drug-likeness (QED) is 0.849. The number of aromatic nitrogens is 2. The Kier molecular flexibility index (Phi) is 5.99. The summed E-state index contributed by atoms with van der Waals surface area (Å²) in [6, 6.07) is 4.15. The number of thiophene rings is 1. The van der Waals surface area contributed by atoms with Crippen LogP contribution in [0.15, 0.2) is 17.5 Å². The van der Waals surface area contributed by atoms with E-state index in [4.69, 9.17) is 11.6 Å². The van der Waals surface area contributed by atoms with Crippen molar-refractivity contribution in [3.8, 4) is 0 Å². The lowest BCUT2D eigenvalue weighted by molar-refractivity contribution is -0.126. The van der Waals surface area contributed by atoms with Crippen LogP contribution in [0.5, 0.6) is 0 Å². The van der Waals surface area contributed by atoms with Crippen LogP contribution in [0.25, 0.3) is 0 Å². The summed E-state index contributed by atoms with van der Waals surface area (Å²) in [5.41, 5.74) is 0.843. The summed E-state index contributed by atoms with van der Waals surface area (Å²) in [6.07, 6.45) is 2.69. The maximum atomic E-state index is 12.2. The molecule has 5 nitrogen and oxygen atoms in total. The lowest BCUT2D eigenvalue weighted by Gasteiger charge is -2.30. The second kappa shape index (κ2) is 8.19. The highest BCUT2D eigenvalue weighted by Crippen LogP contribution is 2.23. The average Bonchev–Trinajstić information content (AvgIpc) is 3.21. The van der Waals surface area contributed by atoms with Gasteiger partial charge in [0.15, 0.2) is 0 Å². The molecule has 0 unspecified atom stereocenters. The van der Waals surface area contributed by atoms with Crippen molar-refractivity contribution in [1.82, 2.24) is 19.8 Å². The second-order valence-electron chi connectivity index (χ2n) is 5.66. The predicted molar refractivity (Wildman–Crippen MR) is 94.0 cm³/mol. The number of carbonyl (C=O) groups excluding carboxylic acids is 1. The van der Waals surface area contributed by atoms with Crippen LogP contribution in [0, 0.1) is 5.92 Å². The average molecular weight is 371 g/mol. The van der Waals surface area contributed by atoms with Crippen LogP contribution in [0.2, 0.25) is 4.34 Å². The SMILES string of the molecule is O=C(NCCc1cccs1)C1CCN(Cc2nnsc2Cl)CC1. The van der Waals surface area contributed by atoms with Crippen LogP contribution in [-0.4, -0.2) is 40.0 Å². The fraction of sp³-hybridized carbons (Fsp3) is 0.533. The van der Waals surface area contributed by atoms with E-state index in [1.54, 1.807) is 11.3 Å². The van der Waals surface area contributed by atoms with Crippen molar-refractivity contribution >= 4 is 40.4 Å². The van der Waals surface area contributed by atoms with Crippen molar-refractivity contribution in [2.45, 2.75) is 25.8 Å². The van der Waals surface area contributed by atoms with E-state index in [9.17, 15) is 4.79 Å². The van der Waals surface area contributed by atoms with E-state index in [1.807, 2.05) is 6.07 Å². The van der Waals surface area contributed by atoms with Gasteiger partial charge in [0, 0.05) is 35.4 Å². The highest BCUT2D eigenvalue weighted by molar-refractivity contribution is 7.10. The molecule has 23 heavy (non-hydrogen) atoms. The molecule has 0 aliphatic carbocycles. The molecule has 124 valence electrons. The van der Waals surface area contributed by atoms with E-state index in [-0.39, 0.29) is 11.8 Å². The van der Waals surface area contributed by atoms with Crippen molar-refractivity contribution in [3.05, 3.63) is 32.4 Å². The Morgan fingerprint density at radius 1 is 1.43 bits per heavy atom. The molecule has 1 fully saturated rings. The fourth-order valence-electron chi connectivity index (χ4n) is 2.76. The van der Waals surface area contributed by atoms with Gasteiger partial charge in [-0.25, -0.2) is 0 Å². The Morgan fingerprint density at radius 2 is 2.26 bits per heavy atom. The number of hydrogen-bond acceptors (Lipinski definition) is 6. The molecule has 3 heterocycles. The van der Waals surface area contributed by atoms with E-state index in [2.05, 4.69) is 31.3 Å². The van der Waals surface area contributed by atoms with Gasteiger partial charge in [-0.2, -0.15) is 0 Å². The normalized spacial score (nSPS) is 16.6. The van der Waals surface area contributed by atoms with Crippen LogP contribution in [0.4, 0.5) is 0 Å². The first-order chi connectivity index (χ1) is 11.2. The van der Waals surface area contributed by atoms with Gasteiger partial charge in [-0.3, -0.25) is 9.69 Å². The minimum atomic E-state index is 0.124. The zero-order chi connectivity index (χ0) is 16.1. The van der Waals surface area contributed by atoms with Gasteiger partial charge >= 0.3 is 0 Å². The number of rotatable bonds is 6. The van der Waals surface area contributed by atoms with Crippen molar-refractivity contribution in [1.29, 1.82) is 0 Å². The van der Waals surface area contributed by atoms with Crippen molar-refractivity contribution < 1.29 is 4.79 Å². The Bertz CT molecular complexity index is 623. The predicted octanol–water partition coefficient (Wildman–Crippen LogP) is 2.82. The molecule has 8 heteroatoms. The molecule has 1 saturated heterocycles. The summed E-state index contributed by atoms with van der Waals surface area (Å²) in [5, 5.41) is 9.18. The zero-order valence-electron chi connectivity index (χ0n) is 12.7. The number of amides is 1. The van der Waals surface area contributed by atoms with Crippen LogP contribution in [-0.2, 0) is 17.8 Å². The molecule has 1 aliphatic rings. The maximum absolute atomic E-state index is 12.2. The van der Waals surface area contributed by atoms with Crippen molar-refractivity contribution in [2.24, 2.45) is 5.92 Å². The van der Waals surface area contributed by atoms with E-state index in [0.717, 1.165) is 51.1 Å². The standard InChI is InChI=1S/C15H19ClN4OS2/c16-14-13(18-19-23-14)10-20-7-4-11(5-8-20)15(21)17-6-3-12-2-1-9-22-12/h1-2,9,11H,3-8,10H2,(H,17,21). The zero-order valence-corrected chi connectivity index (χ0v) is 15.1. The molecule has 2 aromatic heterocycles. The molecule has 0 radical (unpaired) electrons. The van der Waals surface area contributed by atoms with E-state index >= 15 is 0 Å². The molecular weight excluding hydrogens is 352 g/mol. The number of piperidine rings is 1. The van der Waals surface area contributed by atoms with Gasteiger partial charge in [0.2, 0.25) is 5.91 Å². The number of carbonyl (C=O) groups is 1. The minimum Gasteiger partial charge on any atom is -0.355 e. The number of nitrogens with zero attached hydrogens (tertiary/aromatic N) is 3. The smallest absolute Gasteiger partial charge is 0.223 e. The molecule has 0 aromatic carbocycles. The Hall–Kier alpha value is -1.02. The first-order valence-electron chi connectivity index (χ1n) is 7.71. The number of nitrogens with one attached hydrogen (secondary N) is 1. The van der Waals surface area contributed by atoms with Crippen molar-refractivity contribution in [2.75, 3.05) is 19.6 Å². The largest absolute Gasteiger partial charge is 0.355 e. The summed E-state index contributed by atoms with van der Waals surface area (Å²) in [7, 11) is 0. The van der Waals surface area contributed by atoms with Crippen LogP contribution < -0.4 is 5.32 Å². The summed E-state index contributed by atoms with van der Waals surface area (Å²) < 4.78 is 4.52. The van der Waals surface area contributed by atoms with E-state index in [0.29, 0.717) is 4.34 Å². The molecule has 3 rings (SSSR count). The number of halogens is 1. The van der Waals surface area contributed by atoms with Gasteiger partial charge in [-0.1, -0.05) is 22.2 Å². The maximum Gasteiger partial charge on any atom is 0.223 e. The molecule has 0 spiro atoms. The molecule has 0 saturated carbocycles. The third-order valence-corrected chi connectivity index (χ3v) is 6.01. The molecule has 0 bridgehead atoms. The second-order valence-corrected chi connectivity index (χ2v) is 8.05. The summed E-state index contributed by atoms with van der Waals surface area (Å²) in [5.74, 6) is 0.313. The van der Waals surface area contributed by atoms with Gasteiger partial charge in [-0.15, -0.1) is 16.4 Å². The topological polar surface area (TPSA) is 58.1 Å². The molecule has 1 N–H and O–H groups in total. The Balaban J connectivity index is 1.38. The lowest BCUT2D eigenvalue weighted by atomic mass is 9.96. The molecular formula is C15H19ClN4OS2. The van der Waals surface area contributed by atoms with E-state index in [1.165, 1.54) is 16.4 Å². The summed E-state index contributed by atoms with van der Waals surface area (Å²) >= 11 is 9.00. The van der Waals surface area contributed by atoms with Gasteiger partial charge in [0.1, 0.15) is 10.0 Å².